The van der Waals surface area contributed by atoms with Crippen molar-refractivity contribution in [2.24, 2.45) is 0 Å². The zero-order chi connectivity index (χ0) is 19.5. The van der Waals surface area contributed by atoms with Crippen molar-refractivity contribution in [3.63, 3.8) is 0 Å². The molecule has 1 saturated heterocycles. The second kappa shape index (κ2) is 8.16. The summed E-state index contributed by atoms with van der Waals surface area (Å²) < 4.78 is 19.2. The Morgan fingerprint density at radius 1 is 1.21 bits per heavy atom. The summed E-state index contributed by atoms with van der Waals surface area (Å²) in [4.78, 5) is 11.0. The summed E-state index contributed by atoms with van der Waals surface area (Å²) in [5, 5.41) is 3.92. The van der Waals surface area contributed by atoms with E-state index < -0.39 is 5.82 Å². The maximum atomic E-state index is 13.4. The number of nitrogens with two attached hydrogens (primary N) is 1. The van der Waals surface area contributed by atoms with Crippen molar-refractivity contribution in [2.45, 2.75) is 12.8 Å². The smallest absolute Gasteiger partial charge is 0.144 e. The van der Waals surface area contributed by atoms with E-state index in [2.05, 4.69) is 20.2 Å². The zero-order valence-electron chi connectivity index (χ0n) is 15.3. The molecule has 0 radical (unpaired) electrons. The van der Waals surface area contributed by atoms with Crippen LogP contribution in [0.15, 0.2) is 36.7 Å². The number of nitrogens with one attached hydrogen (secondary N) is 1. The Labute approximate surface area is 167 Å². The van der Waals surface area contributed by atoms with Crippen molar-refractivity contribution in [3.8, 4) is 5.75 Å². The van der Waals surface area contributed by atoms with Crippen LogP contribution in [0.4, 0.5) is 21.6 Å². The third-order valence-electron chi connectivity index (χ3n) is 4.77. The molecule has 0 atom stereocenters. The van der Waals surface area contributed by atoms with E-state index >= 15 is 0 Å². The molecule has 6 nitrogen and oxygen atoms in total. The highest BCUT2D eigenvalue weighted by molar-refractivity contribution is 6.31. The molecule has 2 aromatic carbocycles. The van der Waals surface area contributed by atoms with Crippen molar-refractivity contribution in [1.82, 2.24) is 14.9 Å². The standard InChI is InChI=1S/C20H21ClFN5O/c21-15-9-13(3-4-16(15)22)26-20-14-10-17(23)19(11-18(14)24-12-25-20)28-8-2-7-27-5-1-6-27/h3-4,9-12H,1-2,5-8,23H2,(H,24,25,26). The zero-order valence-corrected chi connectivity index (χ0v) is 16.0. The summed E-state index contributed by atoms with van der Waals surface area (Å²) in [7, 11) is 0. The van der Waals surface area contributed by atoms with Gasteiger partial charge in [0.25, 0.3) is 0 Å². The van der Waals surface area contributed by atoms with E-state index in [9.17, 15) is 4.39 Å². The van der Waals surface area contributed by atoms with Crippen molar-refractivity contribution < 1.29 is 9.13 Å². The normalized spacial score (nSPS) is 14.1. The molecular weight excluding hydrogens is 381 g/mol. The quantitative estimate of drug-likeness (QED) is 0.456. The molecule has 3 aromatic rings. The van der Waals surface area contributed by atoms with Gasteiger partial charge in [-0.2, -0.15) is 0 Å². The van der Waals surface area contributed by atoms with Crippen molar-refractivity contribution in [3.05, 3.63) is 47.5 Å². The van der Waals surface area contributed by atoms with Gasteiger partial charge in [0.1, 0.15) is 23.7 Å². The number of anilines is 3. The van der Waals surface area contributed by atoms with Gasteiger partial charge in [0, 0.05) is 23.7 Å². The number of ether oxygens (including phenoxy) is 1. The van der Waals surface area contributed by atoms with Gasteiger partial charge < -0.3 is 20.7 Å². The average Bonchev–Trinajstić information content (AvgIpc) is 2.64. The van der Waals surface area contributed by atoms with Gasteiger partial charge in [0.05, 0.1) is 22.8 Å². The number of nitrogens with zero attached hydrogens (tertiary/aromatic N) is 3. The average molecular weight is 402 g/mol. The largest absolute Gasteiger partial charge is 0.491 e. The topological polar surface area (TPSA) is 76.3 Å². The molecule has 8 heteroatoms. The van der Waals surface area contributed by atoms with E-state index in [0.29, 0.717) is 35.1 Å². The van der Waals surface area contributed by atoms with Crippen LogP contribution in [0.5, 0.6) is 5.75 Å². The lowest BCUT2D eigenvalue weighted by Crippen LogP contribution is -2.38. The summed E-state index contributed by atoms with van der Waals surface area (Å²) in [6, 6.07) is 8.00. The number of aromatic nitrogens is 2. The molecule has 146 valence electrons. The third kappa shape index (κ3) is 4.10. The van der Waals surface area contributed by atoms with Gasteiger partial charge in [-0.05, 0) is 50.2 Å². The summed E-state index contributed by atoms with van der Waals surface area (Å²) in [5.74, 6) is 0.703. The minimum Gasteiger partial charge on any atom is -0.491 e. The number of hydrogen-bond donors (Lipinski definition) is 2. The molecule has 0 amide bonds. The van der Waals surface area contributed by atoms with Crippen molar-refractivity contribution in [2.75, 3.05) is 37.3 Å². The van der Waals surface area contributed by atoms with Crippen LogP contribution in [0.3, 0.4) is 0 Å². The van der Waals surface area contributed by atoms with E-state index in [0.717, 1.165) is 18.4 Å². The summed E-state index contributed by atoms with van der Waals surface area (Å²) in [6.07, 6.45) is 3.71. The van der Waals surface area contributed by atoms with Crippen LogP contribution in [0.25, 0.3) is 10.9 Å². The Kier molecular flexibility index (Phi) is 5.45. The summed E-state index contributed by atoms with van der Waals surface area (Å²) >= 11 is 5.85. The summed E-state index contributed by atoms with van der Waals surface area (Å²) in [6.45, 7) is 4.02. The molecular formula is C20H21ClFN5O. The lowest BCUT2D eigenvalue weighted by atomic mass is 10.2. The second-order valence-corrected chi connectivity index (χ2v) is 7.19. The van der Waals surface area contributed by atoms with Gasteiger partial charge in [-0.25, -0.2) is 14.4 Å². The van der Waals surface area contributed by atoms with Crippen molar-refractivity contribution in [1.29, 1.82) is 0 Å². The van der Waals surface area contributed by atoms with E-state index in [1.54, 1.807) is 12.1 Å². The Balaban J connectivity index is 1.50. The van der Waals surface area contributed by atoms with Gasteiger partial charge in [-0.15, -0.1) is 0 Å². The monoisotopic (exact) mass is 401 g/mol. The Hall–Kier alpha value is -2.64. The molecule has 0 saturated carbocycles. The number of halogens is 2. The van der Waals surface area contributed by atoms with Gasteiger partial charge in [-0.1, -0.05) is 11.6 Å². The van der Waals surface area contributed by atoms with E-state index in [1.807, 2.05) is 6.07 Å². The van der Waals surface area contributed by atoms with Crippen LogP contribution >= 0.6 is 11.6 Å². The molecule has 0 spiro atoms. The molecule has 3 N–H and O–H groups in total. The first kappa shape index (κ1) is 18.7. The molecule has 0 bridgehead atoms. The molecule has 1 aliphatic rings. The third-order valence-corrected chi connectivity index (χ3v) is 5.06. The number of benzene rings is 2. The maximum Gasteiger partial charge on any atom is 0.144 e. The van der Waals surface area contributed by atoms with Crippen LogP contribution in [-0.2, 0) is 0 Å². The molecule has 28 heavy (non-hydrogen) atoms. The predicted octanol–water partition coefficient (Wildman–Crippen LogP) is 4.22. The van der Waals surface area contributed by atoms with Gasteiger partial charge in [0.2, 0.25) is 0 Å². The van der Waals surface area contributed by atoms with Crippen LogP contribution in [-0.4, -0.2) is 41.1 Å². The van der Waals surface area contributed by atoms with Crippen molar-refractivity contribution >= 4 is 39.7 Å². The highest BCUT2D eigenvalue weighted by atomic mass is 35.5. The second-order valence-electron chi connectivity index (χ2n) is 6.78. The van der Waals surface area contributed by atoms with Gasteiger partial charge in [-0.3, -0.25) is 0 Å². The highest BCUT2D eigenvalue weighted by Crippen LogP contribution is 2.32. The van der Waals surface area contributed by atoms with Crippen LogP contribution < -0.4 is 15.8 Å². The Morgan fingerprint density at radius 3 is 2.82 bits per heavy atom. The van der Waals surface area contributed by atoms with E-state index in [1.165, 1.54) is 38.0 Å². The minimum absolute atomic E-state index is 0.0387. The molecule has 1 fully saturated rings. The molecule has 1 aromatic heterocycles. The fraction of sp³-hybridized carbons (Fsp3) is 0.300. The Bertz CT molecular complexity index is 996. The van der Waals surface area contributed by atoms with Crippen LogP contribution in [0.2, 0.25) is 5.02 Å². The van der Waals surface area contributed by atoms with Crippen LogP contribution in [0.1, 0.15) is 12.8 Å². The van der Waals surface area contributed by atoms with Gasteiger partial charge >= 0.3 is 0 Å². The molecule has 0 unspecified atom stereocenters. The number of likely N-dealkylation sites (tertiary alicyclic amines) is 1. The lowest BCUT2D eigenvalue weighted by molar-refractivity contribution is 0.165. The van der Waals surface area contributed by atoms with Crippen LogP contribution in [0, 0.1) is 5.82 Å². The molecule has 1 aliphatic heterocycles. The van der Waals surface area contributed by atoms with Gasteiger partial charge in [0.15, 0.2) is 0 Å². The Morgan fingerprint density at radius 2 is 2.07 bits per heavy atom. The molecule has 4 rings (SSSR count). The number of rotatable bonds is 7. The molecule has 2 heterocycles. The first-order valence-electron chi connectivity index (χ1n) is 9.21. The fourth-order valence-corrected chi connectivity index (χ4v) is 3.29. The number of fused-ring (bicyclic) bond motifs is 1. The number of nitrogen functional groups attached to an aromatic ring is 1. The first-order chi connectivity index (χ1) is 13.6. The SMILES string of the molecule is Nc1cc2c(Nc3ccc(F)c(Cl)c3)ncnc2cc1OCCCN1CCC1. The minimum atomic E-state index is -0.472. The van der Waals surface area contributed by atoms with E-state index in [4.69, 9.17) is 22.1 Å². The fourth-order valence-electron chi connectivity index (χ4n) is 3.11. The van der Waals surface area contributed by atoms with E-state index in [-0.39, 0.29) is 5.02 Å². The molecule has 0 aliphatic carbocycles. The first-order valence-corrected chi connectivity index (χ1v) is 9.59. The number of hydrogen-bond acceptors (Lipinski definition) is 6. The summed E-state index contributed by atoms with van der Waals surface area (Å²) in [5.41, 5.74) is 8.03. The highest BCUT2D eigenvalue weighted by Gasteiger charge is 2.13. The predicted molar refractivity (Wildman–Crippen MR) is 110 cm³/mol. The lowest BCUT2D eigenvalue weighted by Gasteiger charge is -2.30. The maximum absolute atomic E-state index is 13.4.